The van der Waals surface area contributed by atoms with Crippen molar-refractivity contribution in [3.63, 3.8) is 0 Å². The molecule has 368 valence electrons. The first kappa shape index (κ1) is 66.0. The molecule has 0 aliphatic heterocycles. The molecule has 0 aromatic carbocycles. The summed E-state index contributed by atoms with van der Waals surface area (Å²) in [4.78, 5) is 0. The van der Waals surface area contributed by atoms with Crippen LogP contribution in [0.4, 0.5) is 39.5 Å². The second-order valence-corrected chi connectivity index (χ2v) is 20.7. The van der Waals surface area contributed by atoms with E-state index >= 15 is 0 Å². The molecule has 2 aliphatic carbocycles. The summed E-state index contributed by atoms with van der Waals surface area (Å²) in [6.07, 6.45) is 7.45. The summed E-state index contributed by atoms with van der Waals surface area (Å²) in [6.45, 7) is 36.2. The molecule has 0 atom stereocenters. The Labute approximate surface area is 367 Å². The van der Waals surface area contributed by atoms with Crippen LogP contribution >= 0.6 is 0 Å². The van der Waals surface area contributed by atoms with E-state index in [9.17, 15) is 39.5 Å². The average molecular weight is 885 g/mol. The molecule has 0 nitrogen and oxygen atoms in total. The Morgan fingerprint density at radius 2 is 0.667 bits per heavy atom. The highest BCUT2D eigenvalue weighted by molar-refractivity contribution is 4.93. The lowest BCUT2D eigenvalue weighted by molar-refractivity contribution is -0.258. The van der Waals surface area contributed by atoms with Gasteiger partial charge in [0.1, 0.15) is 17.0 Å². The third-order valence-corrected chi connectivity index (χ3v) is 13.9. The topological polar surface area (TPSA) is 0 Å². The first-order valence-electron chi connectivity index (χ1n) is 24.3. The van der Waals surface area contributed by atoms with Crippen LogP contribution < -0.4 is 0 Å². The number of hydrogen-bond donors (Lipinski definition) is 0. The molecule has 0 unspecified atom stereocenters. The monoisotopic (exact) mass is 885 g/mol. The summed E-state index contributed by atoms with van der Waals surface area (Å²) in [6, 6.07) is 0. The first-order chi connectivity index (χ1) is 27.1. The number of halogens is 9. The molecule has 2 fully saturated rings. The minimum atomic E-state index is -4.10. The van der Waals surface area contributed by atoms with E-state index in [0.717, 1.165) is 70.6 Å². The lowest BCUT2D eigenvalue weighted by Gasteiger charge is -2.44. The van der Waals surface area contributed by atoms with Gasteiger partial charge >= 0.3 is 12.4 Å². The van der Waals surface area contributed by atoms with Crippen molar-refractivity contribution in [2.75, 3.05) is 0 Å². The van der Waals surface area contributed by atoms with E-state index in [0.29, 0.717) is 56.8 Å². The van der Waals surface area contributed by atoms with Crippen molar-refractivity contribution >= 4 is 0 Å². The number of rotatable bonds is 14. The molecular formula is C51H101F9. The molecule has 2 rings (SSSR count). The van der Waals surface area contributed by atoms with Crippen molar-refractivity contribution in [2.24, 2.45) is 39.9 Å². The van der Waals surface area contributed by atoms with E-state index in [1.54, 1.807) is 20.8 Å². The van der Waals surface area contributed by atoms with Gasteiger partial charge in [-0.3, -0.25) is 0 Å². The van der Waals surface area contributed by atoms with Crippen LogP contribution in [0.3, 0.4) is 0 Å². The second-order valence-electron chi connectivity index (χ2n) is 20.7. The third kappa shape index (κ3) is 26.2. The molecule has 0 N–H and O–H groups in total. The predicted molar refractivity (Wildman–Crippen MR) is 245 cm³/mol. The molecular weight excluding hydrogens is 784 g/mol. The lowest BCUT2D eigenvalue weighted by Crippen LogP contribution is -2.47. The Morgan fingerprint density at radius 1 is 0.417 bits per heavy atom. The second kappa shape index (κ2) is 30.5. The fourth-order valence-corrected chi connectivity index (χ4v) is 8.73. The van der Waals surface area contributed by atoms with Crippen molar-refractivity contribution in [2.45, 2.75) is 289 Å². The smallest absolute Gasteiger partial charge is 0.244 e. The van der Waals surface area contributed by atoms with Gasteiger partial charge in [-0.05, 0) is 88.4 Å². The van der Waals surface area contributed by atoms with E-state index in [-0.39, 0.29) is 23.7 Å². The maximum absolute atomic E-state index is 14.4. The number of alkyl halides is 9. The molecule has 2 saturated carbocycles. The van der Waals surface area contributed by atoms with Crippen LogP contribution in [0.2, 0.25) is 0 Å². The van der Waals surface area contributed by atoms with E-state index in [4.69, 9.17) is 0 Å². The van der Waals surface area contributed by atoms with Gasteiger partial charge in [-0.1, -0.05) is 201 Å². The zero-order valence-corrected chi connectivity index (χ0v) is 42.9. The highest BCUT2D eigenvalue weighted by Gasteiger charge is 2.57. The van der Waals surface area contributed by atoms with Crippen molar-refractivity contribution < 1.29 is 39.5 Å². The van der Waals surface area contributed by atoms with Gasteiger partial charge in [0.25, 0.3) is 0 Å². The highest BCUT2D eigenvalue weighted by atomic mass is 19.4. The largest absolute Gasteiger partial charge is 0.394 e. The van der Waals surface area contributed by atoms with Gasteiger partial charge < -0.3 is 0 Å². The Kier molecular flexibility index (Phi) is 33.5. The molecule has 0 heterocycles. The maximum atomic E-state index is 14.4. The Morgan fingerprint density at radius 3 is 0.800 bits per heavy atom. The normalized spacial score (nSPS) is 17.2. The summed E-state index contributed by atoms with van der Waals surface area (Å²) in [5.41, 5.74) is -5.11. The van der Waals surface area contributed by atoms with Gasteiger partial charge in [0, 0.05) is 0 Å². The molecule has 2 aliphatic rings. The molecule has 60 heavy (non-hydrogen) atoms. The molecule has 0 aromatic rings. The van der Waals surface area contributed by atoms with Crippen LogP contribution in [0.15, 0.2) is 0 Å². The Balaban J connectivity index is -0.000000325. The van der Waals surface area contributed by atoms with Gasteiger partial charge in [-0.15, -0.1) is 0 Å². The van der Waals surface area contributed by atoms with Gasteiger partial charge in [0.15, 0.2) is 0 Å². The van der Waals surface area contributed by atoms with E-state index in [2.05, 4.69) is 55.4 Å². The first-order valence-corrected chi connectivity index (χ1v) is 24.3. The van der Waals surface area contributed by atoms with Crippen molar-refractivity contribution in [1.82, 2.24) is 0 Å². The molecule has 0 spiro atoms. The van der Waals surface area contributed by atoms with Gasteiger partial charge in [-0.25, -0.2) is 13.2 Å². The minimum Gasteiger partial charge on any atom is -0.244 e. The van der Waals surface area contributed by atoms with Crippen LogP contribution in [-0.2, 0) is 0 Å². The Bertz CT molecular complexity index is 936. The van der Waals surface area contributed by atoms with Crippen LogP contribution in [0.1, 0.15) is 260 Å². The maximum Gasteiger partial charge on any atom is 0.394 e. The van der Waals surface area contributed by atoms with E-state index < -0.39 is 40.2 Å². The van der Waals surface area contributed by atoms with Crippen molar-refractivity contribution in [3.05, 3.63) is 0 Å². The molecule has 9 heteroatoms. The van der Waals surface area contributed by atoms with Gasteiger partial charge in [-0.2, -0.15) is 26.3 Å². The van der Waals surface area contributed by atoms with Crippen LogP contribution in [-0.4, -0.2) is 29.4 Å². The predicted octanol–water partition coefficient (Wildman–Crippen LogP) is 20.8. The molecule has 0 bridgehead atoms. The summed E-state index contributed by atoms with van der Waals surface area (Å²) in [5.74, 6) is -0.0652. The summed E-state index contributed by atoms with van der Waals surface area (Å²) < 4.78 is 117. The average Bonchev–Trinajstić information content (AvgIpc) is 3.13. The fraction of sp³-hybridized carbons (Fsp3) is 1.00. The third-order valence-electron chi connectivity index (χ3n) is 13.9. The van der Waals surface area contributed by atoms with E-state index in [1.165, 1.54) is 20.3 Å². The molecule has 0 saturated heterocycles. The molecule has 0 radical (unpaired) electrons. The SMILES string of the molecule is CC(C)(C)C.CC1(C(F)(F)F)CCCCC1.CC1(F)CCCCC1.CCC(C)(F)CC.CCC(CC)C(C)(C(CC)CC)C(F)(F)F.CCC(CC)C(C)(F)C(CC)CC. The van der Waals surface area contributed by atoms with Crippen LogP contribution in [0.25, 0.3) is 0 Å². The van der Waals surface area contributed by atoms with Crippen LogP contribution in [0.5, 0.6) is 0 Å². The molecule has 0 aromatic heterocycles. The van der Waals surface area contributed by atoms with E-state index in [1.807, 2.05) is 41.5 Å². The van der Waals surface area contributed by atoms with Crippen molar-refractivity contribution in [1.29, 1.82) is 0 Å². The fourth-order valence-electron chi connectivity index (χ4n) is 8.73. The van der Waals surface area contributed by atoms with Crippen LogP contribution in [0, 0.1) is 39.9 Å². The summed E-state index contributed by atoms with van der Waals surface area (Å²) in [5, 5.41) is 0. The standard InChI is InChI=1S/C13H25F3.C12H25F.C8H13F3.C7H13F.C6H13F.C5H12/c1-6-10(7-2)12(5,13(14,15)16)11(8-3)9-4;1-6-10(7-2)12(5,13)11(8-3)9-4;1-7(8(9,10)11)5-3-2-4-6-7;1-7(8)5-3-2-4-6-7;1-4-6(3,7)5-2;1-5(2,3)4/h10-11H,6-9H2,1-5H3;10-11H,6-9H2,1-5H3;2-6H2,1H3;2-6H2,1H3;4-5H2,1-3H3;1-4H3. The lowest BCUT2D eigenvalue weighted by atomic mass is 9.63. The highest BCUT2D eigenvalue weighted by Crippen LogP contribution is 2.54. The zero-order valence-electron chi connectivity index (χ0n) is 42.9. The molecule has 0 amide bonds. The summed E-state index contributed by atoms with van der Waals surface area (Å²) >= 11 is 0. The minimum absolute atomic E-state index is 0.234. The van der Waals surface area contributed by atoms with Crippen molar-refractivity contribution in [3.8, 4) is 0 Å². The van der Waals surface area contributed by atoms with Gasteiger partial charge in [0.05, 0.1) is 10.8 Å². The Hall–Kier alpha value is -0.630. The number of hydrogen-bond acceptors (Lipinski definition) is 0. The van der Waals surface area contributed by atoms with Gasteiger partial charge in [0.2, 0.25) is 0 Å². The summed E-state index contributed by atoms with van der Waals surface area (Å²) in [7, 11) is 0. The zero-order chi connectivity index (χ0) is 48.5. The quantitative estimate of drug-likeness (QED) is 0.153.